The zero-order valence-corrected chi connectivity index (χ0v) is 17.3. The summed E-state index contributed by atoms with van der Waals surface area (Å²) in [5.41, 5.74) is 8.99. The summed E-state index contributed by atoms with van der Waals surface area (Å²) < 4.78 is 32.3. The largest absolute Gasteiger partial charge is 0.491 e. The van der Waals surface area contributed by atoms with Crippen LogP contribution in [0.25, 0.3) is 10.4 Å². The second-order valence-electron chi connectivity index (χ2n) is 6.32. The van der Waals surface area contributed by atoms with Gasteiger partial charge in [0.05, 0.1) is 7.11 Å². The Labute approximate surface area is 177 Å². The highest BCUT2D eigenvalue weighted by Gasteiger charge is 2.51. The van der Waals surface area contributed by atoms with Gasteiger partial charge in [-0.15, -0.1) is 0 Å². The van der Waals surface area contributed by atoms with Gasteiger partial charge >= 0.3 is 17.9 Å². The summed E-state index contributed by atoms with van der Waals surface area (Å²) in [5, 5.41) is 3.61. The van der Waals surface area contributed by atoms with Crippen molar-refractivity contribution in [2.24, 2.45) is 5.11 Å². The molecule has 0 N–H and O–H groups in total. The summed E-state index contributed by atoms with van der Waals surface area (Å²) in [6.07, 6.45) is -3.66. The van der Waals surface area contributed by atoms with Gasteiger partial charge in [-0.3, -0.25) is 14.4 Å². The highest BCUT2D eigenvalue weighted by atomic mass is 16.7. The number of pyridine rings is 1. The standard InChI is InChI=1S/C18H22N4O9/c1-9(23)27-8-13-14(21-22-19)15(28-10(2)24)16(29-11(3)25)18(30-13)31-17-12(26-4)6-5-7-20-17/h5-7,13-16,18H,8H2,1-4H3/t13-,14-,15+,16-,18+/m1/s1. The monoisotopic (exact) mass is 438 g/mol. The predicted molar refractivity (Wildman–Crippen MR) is 101 cm³/mol. The van der Waals surface area contributed by atoms with Crippen LogP contribution in [0.1, 0.15) is 20.8 Å². The van der Waals surface area contributed by atoms with Crippen LogP contribution in [0, 0.1) is 0 Å². The molecule has 1 fully saturated rings. The Morgan fingerprint density at radius 2 is 1.84 bits per heavy atom. The van der Waals surface area contributed by atoms with Gasteiger partial charge in [-0.25, -0.2) is 4.98 Å². The van der Waals surface area contributed by atoms with Crippen molar-refractivity contribution in [2.45, 2.75) is 51.4 Å². The van der Waals surface area contributed by atoms with Crippen LogP contribution in [-0.2, 0) is 33.3 Å². The van der Waals surface area contributed by atoms with E-state index in [1.165, 1.54) is 20.2 Å². The van der Waals surface area contributed by atoms with Crippen molar-refractivity contribution in [3.05, 3.63) is 28.8 Å². The van der Waals surface area contributed by atoms with Gasteiger partial charge in [-0.2, -0.15) is 0 Å². The van der Waals surface area contributed by atoms with E-state index in [0.29, 0.717) is 0 Å². The van der Waals surface area contributed by atoms with Gasteiger partial charge in [-0.1, -0.05) is 5.11 Å². The summed E-state index contributed by atoms with van der Waals surface area (Å²) in [4.78, 5) is 41.6. The number of esters is 3. The Balaban J connectivity index is 2.47. The van der Waals surface area contributed by atoms with Gasteiger partial charge in [0.25, 0.3) is 5.88 Å². The summed E-state index contributed by atoms with van der Waals surface area (Å²) in [5.74, 6) is -1.82. The SMILES string of the molecule is COc1cccnc1O[C@@H]1O[C@H](COC(C)=O)[C@@H](N=[N+]=[N-])[C@H](OC(C)=O)[C@H]1OC(C)=O. The second kappa shape index (κ2) is 11.0. The molecule has 0 saturated carbocycles. The first-order chi connectivity index (χ1) is 14.8. The number of aromatic nitrogens is 1. The van der Waals surface area contributed by atoms with Crippen molar-refractivity contribution in [3.8, 4) is 11.6 Å². The van der Waals surface area contributed by atoms with E-state index in [1.54, 1.807) is 12.1 Å². The Morgan fingerprint density at radius 3 is 2.42 bits per heavy atom. The molecular weight excluding hydrogens is 416 g/mol. The quantitative estimate of drug-likeness (QED) is 0.189. The molecule has 13 nitrogen and oxygen atoms in total. The molecule has 1 aromatic rings. The molecule has 0 amide bonds. The third-order valence-corrected chi connectivity index (χ3v) is 4.04. The van der Waals surface area contributed by atoms with Crippen LogP contribution in [0.5, 0.6) is 11.6 Å². The minimum atomic E-state index is -1.37. The third kappa shape index (κ3) is 6.46. The van der Waals surface area contributed by atoms with Crippen LogP contribution in [0.4, 0.5) is 0 Å². The van der Waals surface area contributed by atoms with Gasteiger partial charge in [0, 0.05) is 31.9 Å². The van der Waals surface area contributed by atoms with Crippen molar-refractivity contribution >= 4 is 17.9 Å². The molecule has 1 aromatic heterocycles. The van der Waals surface area contributed by atoms with Crippen molar-refractivity contribution < 1.29 is 42.8 Å². The maximum Gasteiger partial charge on any atom is 0.303 e. The molecule has 168 valence electrons. The maximum absolute atomic E-state index is 11.7. The average Bonchev–Trinajstić information content (AvgIpc) is 2.70. The lowest BCUT2D eigenvalue weighted by Crippen LogP contribution is -2.62. The molecule has 1 aliphatic heterocycles. The molecule has 1 saturated heterocycles. The second-order valence-corrected chi connectivity index (χ2v) is 6.32. The first kappa shape index (κ1) is 23.7. The summed E-state index contributed by atoms with van der Waals surface area (Å²) in [6, 6.07) is 2.00. The van der Waals surface area contributed by atoms with Crippen molar-refractivity contribution in [1.82, 2.24) is 4.98 Å². The van der Waals surface area contributed by atoms with Crippen LogP contribution in [0.2, 0.25) is 0 Å². The van der Waals surface area contributed by atoms with Gasteiger partial charge in [0.2, 0.25) is 12.4 Å². The van der Waals surface area contributed by atoms with E-state index >= 15 is 0 Å². The highest BCUT2D eigenvalue weighted by Crippen LogP contribution is 2.32. The molecule has 2 heterocycles. The van der Waals surface area contributed by atoms with Crippen LogP contribution in [0.3, 0.4) is 0 Å². The molecule has 0 radical (unpaired) electrons. The number of hydrogen-bond acceptors (Lipinski definition) is 11. The fourth-order valence-electron chi connectivity index (χ4n) is 2.90. The van der Waals surface area contributed by atoms with Crippen LogP contribution in [-0.4, -0.2) is 67.3 Å². The third-order valence-electron chi connectivity index (χ3n) is 4.04. The number of ether oxygens (including phenoxy) is 6. The van der Waals surface area contributed by atoms with E-state index in [0.717, 1.165) is 13.8 Å². The fraction of sp³-hybridized carbons (Fsp3) is 0.556. The number of azide groups is 1. The number of rotatable bonds is 8. The predicted octanol–water partition coefficient (Wildman–Crippen LogP) is 1.30. The Morgan fingerprint density at radius 1 is 1.16 bits per heavy atom. The lowest BCUT2D eigenvalue weighted by molar-refractivity contribution is -0.261. The summed E-state index contributed by atoms with van der Waals surface area (Å²) in [7, 11) is 1.40. The Kier molecular flexibility index (Phi) is 8.41. The zero-order chi connectivity index (χ0) is 23.0. The zero-order valence-electron chi connectivity index (χ0n) is 17.3. The molecule has 0 bridgehead atoms. The number of carbonyl (C=O) groups excluding carboxylic acids is 3. The van der Waals surface area contributed by atoms with Crippen molar-refractivity contribution in [2.75, 3.05) is 13.7 Å². The maximum atomic E-state index is 11.7. The Bertz CT molecular complexity index is 858. The fourth-order valence-corrected chi connectivity index (χ4v) is 2.90. The lowest BCUT2D eigenvalue weighted by Gasteiger charge is -2.43. The minimum Gasteiger partial charge on any atom is -0.491 e. The molecule has 5 atom stereocenters. The number of methoxy groups -OCH3 is 1. The lowest BCUT2D eigenvalue weighted by atomic mass is 9.96. The van der Waals surface area contributed by atoms with Gasteiger partial charge < -0.3 is 28.4 Å². The first-order valence-electron chi connectivity index (χ1n) is 9.10. The smallest absolute Gasteiger partial charge is 0.303 e. The topological polar surface area (TPSA) is 168 Å². The van der Waals surface area contributed by atoms with Gasteiger partial charge in [0.15, 0.2) is 11.9 Å². The molecule has 0 aromatic carbocycles. The molecule has 13 heteroatoms. The Hall–Kier alpha value is -3.57. The molecule has 31 heavy (non-hydrogen) atoms. The van der Waals surface area contributed by atoms with Crippen molar-refractivity contribution in [3.63, 3.8) is 0 Å². The van der Waals surface area contributed by atoms with Crippen LogP contribution >= 0.6 is 0 Å². The van der Waals surface area contributed by atoms with E-state index in [2.05, 4.69) is 15.0 Å². The molecule has 0 unspecified atom stereocenters. The van der Waals surface area contributed by atoms with E-state index in [-0.39, 0.29) is 18.2 Å². The molecule has 0 spiro atoms. The average molecular weight is 438 g/mol. The summed E-state index contributed by atoms with van der Waals surface area (Å²) >= 11 is 0. The molecule has 0 aliphatic carbocycles. The van der Waals surface area contributed by atoms with E-state index in [4.69, 9.17) is 34.0 Å². The highest BCUT2D eigenvalue weighted by molar-refractivity contribution is 5.67. The van der Waals surface area contributed by atoms with Crippen molar-refractivity contribution in [1.29, 1.82) is 0 Å². The van der Waals surface area contributed by atoms with E-state index in [9.17, 15) is 14.4 Å². The van der Waals surface area contributed by atoms with E-state index < -0.39 is 48.6 Å². The molecule has 2 rings (SSSR count). The summed E-state index contributed by atoms with van der Waals surface area (Å²) in [6.45, 7) is 3.11. The van der Waals surface area contributed by atoms with Crippen LogP contribution in [0.15, 0.2) is 23.4 Å². The first-order valence-corrected chi connectivity index (χ1v) is 9.10. The number of nitrogens with zero attached hydrogens (tertiary/aromatic N) is 4. The number of hydrogen-bond donors (Lipinski definition) is 0. The molecule has 1 aliphatic rings. The normalized spacial score (nSPS) is 24.8. The van der Waals surface area contributed by atoms with Crippen LogP contribution < -0.4 is 9.47 Å². The van der Waals surface area contributed by atoms with E-state index in [1.807, 2.05) is 0 Å². The molecular formula is C18H22N4O9. The van der Waals surface area contributed by atoms with Gasteiger partial charge in [0.1, 0.15) is 18.8 Å². The van der Waals surface area contributed by atoms with Gasteiger partial charge in [-0.05, 0) is 17.7 Å². The minimum absolute atomic E-state index is 0.00203. The number of carbonyl (C=O) groups is 3.